The highest BCUT2D eigenvalue weighted by atomic mass is 35.5. The number of aryl methyl sites for hydroxylation is 5. The molecular weight excluding hydrogens is 288 g/mol. The van der Waals surface area contributed by atoms with Crippen LogP contribution in [0.3, 0.4) is 0 Å². The first-order chi connectivity index (χ1) is 10.2. The molecule has 0 atom stereocenters. The molecule has 0 aliphatic rings. The van der Waals surface area contributed by atoms with Crippen LogP contribution in [0.5, 0.6) is 0 Å². The Bertz CT molecular complexity index is 762. The zero-order valence-corrected chi connectivity index (χ0v) is 12.9. The van der Waals surface area contributed by atoms with E-state index in [2.05, 4.69) is 39.8 Å². The number of aromatic nitrogens is 4. The molecule has 3 aromatic rings. The minimum Gasteiger partial charge on any atom is -0.339 e. The van der Waals surface area contributed by atoms with Crippen molar-refractivity contribution >= 4 is 22.6 Å². The zero-order valence-electron chi connectivity index (χ0n) is 12.1. The Morgan fingerprint density at radius 1 is 1.19 bits per heavy atom. The predicted octanol–water partition coefficient (Wildman–Crippen LogP) is 3.06. The number of imidazole rings is 1. The third kappa shape index (κ3) is 2.93. The summed E-state index contributed by atoms with van der Waals surface area (Å²) in [7, 11) is 0. The molecule has 21 heavy (non-hydrogen) atoms. The third-order valence-corrected chi connectivity index (χ3v) is 3.61. The molecule has 2 heterocycles. The van der Waals surface area contributed by atoms with Crippen molar-refractivity contribution in [3.63, 3.8) is 0 Å². The number of halogens is 1. The summed E-state index contributed by atoms with van der Waals surface area (Å²) < 4.78 is 7.36. The molecule has 0 saturated heterocycles. The molecule has 0 spiro atoms. The second-order valence-corrected chi connectivity index (χ2v) is 5.47. The van der Waals surface area contributed by atoms with E-state index in [-0.39, 0.29) is 0 Å². The SMILES string of the molecule is Cc1ccc2c(c1)nc(CCCl)n2CCc1nc(C)no1. The molecule has 2 aromatic heterocycles. The van der Waals surface area contributed by atoms with Crippen LogP contribution in [-0.4, -0.2) is 25.6 Å². The van der Waals surface area contributed by atoms with Crippen LogP contribution in [0, 0.1) is 13.8 Å². The fraction of sp³-hybridized carbons (Fsp3) is 0.400. The molecule has 5 nitrogen and oxygen atoms in total. The van der Waals surface area contributed by atoms with Crippen molar-refractivity contribution in [2.45, 2.75) is 33.2 Å². The number of nitrogens with zero attached hydrogens (tertiary/aromatic N) is 4. The van der Waals surface area contributed by atoms with Gasteiger partial charge in [0, 0.05) is 25.3 Å². The van der Waals surface area contributed by atoms with Gasteiger partial charge in [-0.25, -0.2) is 4.98 Å². The number of fused-ring (bicyclic) bond motifs is 1. The maximum atomic E-state index is 5.89. The van der Waals surface area contributed by atoms with Gasteiger partial charge in [0.05, 0.1) is 11.0 Å². The number of rotatable bonds is 5. The Balaban J connectivity index is 1.92. The lowest BCUT2D eigenvalue weighted by atomic mass is 10.2. The van der Waals surface area contributed by atoms with Crippen molar-refractivity contribution in [1.82, 2.24) is 19.7 Å². The summed E-state index contributed by atoms with van der Waals surface area (Å²) in [5, 5.41) is 3.82. The normalized spacial score (nSPS) is 11.4. The fourth-order valence-corrected chi connectivity index (χ4v) is 2.63. The van der Waals surface area contributed by atoms with Crippen LogP contribution >= 0.6 is 11.6 Å². The first-order valence-electron chi connectivity index (χ1n) is 6.98. The van der Waals surface area contributed by atoms with Crippen LogP contribution in [0.4, 0.5) is 0 Å². The molecule has 0 saturated carbocycles. The molecule has 110 valence electrons. The monoisotopic (exact) mass is 304 g/mol. The van der Waals surface area contributed by atoms with Crippen LogP contribution in [0.2, 0.25) is 0 Å². The van der Waals surface area contributed by atoms with E-state index in [9.17, 15) is 0 Å². The summed E-state index contributed by atoms with van der Waals surface area (Å²) in [4.78, 5) is 8.93. The van der Waals surface area contributed by atoms with Crippen molar-refractivity contribution in [3.8, 4) is 0 Å². The number of hydrogen-bond donors (Lipinski definition) is 0. The first-order valence-corrected chi connectivity index (χ1v) is 7.52. The molecule has 0 bridgehead atoms. The molecule has 0 fully saturated rings. The average Bonchev–Trinajstić information content (AvgIpc) is 3.00. The van der Waals surface area contributed by atoms with Crippen molar-refractivity contribution in [2.24, 2.45) is 0 Å². The highest BCUT2D eigenvalue weighted by molar-refractivity contribution is 6.17. The van der Waals surface area contributed by atoms with Crippen LogP contribution < -0.4 is 0 Å². The third-order valence-electron chi connectivity index (χ3n) is 3.42. The average molecular weight is 305 g/mol. The van der Waals surface area contributed by atoms with Gasteiger partial charge in [-0.1, -0.05) is 11.2 Å². The second kappa shape index (κ2) is 5.85. The minimum absolute atomic E-state index is 0.558. The Morgan fingerprint density at radius 3 is 2.76 bits per heavy atom. The van der Waals surface area contributed by atoms with Crippen LogP contribution in [0.25, 0.3) is 11.0 Å². The van der Waals surface area contributed by atoms with E-state index >= 15 is 0 Å². The van der Waals surface area contributed by atoms with Gasteiger partial charge in [-0.3, -0.25) is 0 Å². The summed E-state index contributed by atoms with van der Waals surface area (Å²) >= 11 is 5.89. The zero-order chi connectivity index (χ0) is 14.8. The molecule has 0 aliphatic heterocycles. The van der Waals surface area contributed by atoms with Gasteiger partial charge in [-0.15, -0.1) is 11.6 Å². The van der Waals surface area contributed by atoms with E-state index in [0.717, 1.165) is 29.8 Å². The van der Waals surface area contributed by atoms with Gasteiger partial charge in [-0.2, -0.15) is 4.98 Å². The summed E-state index contributed by atoms with van der Waals surface area (Å²) in [6.07, 6.45) is 1.44. The van der Waals surface area contributed by atoms with Gasteiger partial charge in [0.2, 0.25) is 5.89 Å². The maximum absolute atomic E-state index is 5.89. The van der Waals surface area contributed by atoms with Gasteiger partial charge < -0.3 is 9.09 Å². The van der Waals surface area contributed by atoms with Crippen molar-refractivity contribution < 1.29 is 4.52 Å². The lowest BCUT2D eigenvalue weighted by Crippen LogP contribution is -2.07. The van der Waals surface area contributed by atoms with Gasteiger partial charge >= 0.3 is 0 Å². The number of hydrogen-bond acceptors (Lipinski definition) is 4. The van der Waals surface area contributed by atoms with Crippen LogP contribution in [0.1, 0.15) is 23.1 Å². The van der Waals surface area contributed by atoms with Crippen molar-refractivity contribution in [3.05, 3.63) is 41.3 Å². The van der Waals surface area contributed by atoms with Crippen molar-refractivity contribution in [1.29, 1.82) is 0 Å². The summed E-state index contributed by atoms with van der Waals surface area (Å²) in [5.74, 6) is 2.87. The highest BCUT2D eigenvalue weighted by Crippen LogP contribution is 2.19. The van der Waals surface area contributed by atoms with Gasteiger partial charge in [0.15, 0.2) is 5.82 Å². The van der Waals surface area contributed by atoms with Crippen LogP contribution in [0.15, 0.2) is 22.7 Å². The quantitative estimate of drug-likeness (QED) is 0.680. The highest BCUT2D eigenvalue weighted by Gasteiger charge is 2.12. The largest absolute Gasteiger partial charge is 0.339 e. The van der Waals surface area contributed by atoms with Crippen molar-refractivity contribution in [2.75, 3.05) is 5.88 Å². The van der Waals surface area contributed by atoms with E-state index in [0.29, 0.717) is 24.0 Å². The molecule has 0 radical (unpaired) electrons. The molecule has 1 aromatic carbocycles. The smallest absolute Gasteiger partial charge is 0.228 e. The molecule has 3 rings (SSSR count). The van der Waals surface area contributed by atoms with E-state index in [1.54, 1.807) is 0 Å². The van der Waals surface area contributed by atoms with E-state index in [1.165, 1.54) is 5.56 Å². The fourth-order valence-electron chi connectivity index (χ4n) is 2.46. The van der Waals surface area contributed by atoms with Gasteiger partial charge in [-0.05, 0) is 31.5 Å². The predicted molar refractivity (Wildman–Crippen MR) is 81.6 cm³/mol. The topological polar surface area (TPSA) is 56.7 Å². The molecule has 0 aliphatic carbocycles. The Kier molecular flexibility index (Phi) is 3.92. The molecule has 0 unspecified atom stereocenters. The Labute approximate surface area is 127 Å². The standard InChI is InChI=1S/C15H17ClN4O/c1-10-3-4-13-12(9-10)18-14(5-7-16)20(13)8-6-15-17-11(2)19-21-15/h3-4,9H,5-8H2,1-2H3. The minimum atomic E-state index is 0.558. The van der Waals surface area contributed by atoms with Gasteiger partial charge in [0.25, 0.3) is 0 Å². The Hall–Kier alpha value is -1.88. The summed E-state index contributed by atoms with van der Waals surface area (Å²) in [5.41, 5.74) is 3.34. The number of benzene rings is 1. The lowest BCUT2D eigenvalue weighted by Gasteiger charge is -2.06. The van der Waals surface area contributed by atoms with Crippen LogP contribution in [-0.2, 0) is 19.4 Å². The van der Waals surface area contributed by atoms with E-state index < -0.39 is 0 Å². The Morgan fingerprint density at radius 2 is 2.05 bits per heavy atom. The summed E-state index contributed by atoms with van der Waals surface area (Å²) in [6.45, 7) is 4.65. The lowest BCUT2D eigenvalue weighted by molar-refractivity contribution is 0.368. The molecule has 6 heteroatoms. The van der Waals surface area contributed by atoms with Gasteiger partial charge in [0.1, 0.15) is 5.82 Å². The molecule has 0 N–H and O–H groups in total. The molecular formula is C15H17ClN4O. The number of alkyl halides is 1. The molecule has 0 amide bonds. The maximum Gasteiger partial charge on any atom is 0.228 e. The summed E-state index contributed by atoms with van der Waals surface area (Å²) in [6, 6.07) is 6.30. The van der Waals surface area contributed by atoms with E-state index in [4.69, 9.17) is 21.1 Å². The second-order valence-electron chi connectivity index (χ2n) is 5.10. The van der Waals surface area contributed by atoms with E-state index in [1.807, 2.05) is 6.92 Å². The first kappa shape index (κ1) is 14.1.